The van der Waals surface area contributed by atoms with Crippen molar-refractivity contribution in [3.63, 3.8) is 0 Å². The number of aryl methyl sites for hydroxylation is 2. The molecule has 0 spiro atoms. The van der Waals surface area contributed by atoms with E-state index < -0.39 is 0 Å². The zero-order valence-electron chi connectivity index (χ0n) is 13.1. The Morgan fingerprint density at radius 1 is 1.29 bits per heavy atom. The molecule has 0 atom stereocenters. The van der Waals surface area contributed by atoms with Gasteiger partial charge >= 0.3 is 0 Å². The van der Waals surface area contributed by atoms with Gasteiger partial charge in [0.05, 0.1) is 6.20 Å². The summed E-state index contributed by atoms with van der Waals surface area (Å²) in [6.07, 6.45) is 13.1. The average Bonchev–Trinajstić information content (AvgIpc) is 2.73. The molecular formula is C16H28N4O. The van der Waals surface area contributed by atoms with Crippen molar-refractivity contribution in [3.05, 3.63) is 18.0 Å². The number of hydrogen-bond donors (Lipinski definition) is 2. The van der Waals surface area contributed by atoms with Crippen LogP contribution in [0.4, 0.5) is 0 Å². The van der Waals surface area contributed by atoms with Crippen LogP contribution in [0.5, 0.6) is 0 Å². The second kappa shape index (κ2) is 8.82. The molecule has 0 bridgehead atoms. The molecular weight excluding hydrogens is 264 g/mol. The van der Waals surface area contributed by atoms with Gasteiger partial charge in [0, 0.05) is 38.8 Å². The maximum Gasteiger partial charge on any atom is 0.220 e. The molecule has 1 aliphatic rings. The fourth-order valence-electron chi connectivity index (χ4n) is 2.91. The number of carbonyl (C=O) groups excluding carboxylic acids is 1. The molecule has 1 heterocycles. The standard InChI is InChI=1S/C16H28N4O/c1-20-13-14(12-19-20)8-9-16(21)18-11-10-17-15-6-4-2-3-5-7-15/h12-13,15,17H,2-11H2,1H3,(H,18,21). The fraction of sp³-hybridized carbons (Fsp3) is 0.750. The van der Waals surface area contributed by atoms with E-state index in [9.17, 15) is 4.79 Å². The molecule has 21 heavy (non-hydrogen) atoms. The quantitative estimate of drug-likeness (QED) is 0.595. The Balaban J connectivity index is 1.52. The normalized spacial score (nSPS) is 16.6. The lowest BCUT2D eigenvalue weighted by atomic mass is 10.1. The van der Waals surface area contributed by atoms with Crippen molar-refractivity contribution in [2.75, 3.05) is 13.1 Å². The summed E-state index contributed by atoms with van der Waals surface area (Å²) in [5.74, 6) is 0.126. The Kier molecular flexibility index (Phi) is 6.73. The molecule has 0 saturated heterocycles. The summed E-state index contributed by atoms with van der Waals surface area (Å²) >= 11 is 0. The van der Waals surface area contributed by atoms with E-state index in [1.807, 2.05) is 19.4 Å². The van der Waals surface area contributed by atoms with Crippen molar-refractivity contribution in [2.24, 2.45) is 7.05 Å². The summed E-state index contributed by atoms with van der Waals surface area (Å²) in [7, 11) is 1.89. The van der Waals surface area contributed by atoms with Gasteiger partial charge in [-0.1, -0.05) is 25.7 Å². The molecule has 2 rings (SSSR count). The van der Waals surface area contributed by atoms with E-state index >= 15 is 0 Å². The molecule has 0 unspecified atom stereocenters. The van der Waals surface area contributed by atoms with Crippen molar-refractivity contribution in [2.45, 2.75) is 57.4 Å². The Morgan fingerprint density at radius 2 is 2.05 bits per heavy atom. The molecule has 5 heteroatoms. The maximum atomic E-state index is 11.8. The molecule has 0 radical (unpaired) electrons. The third kappa shape index (κ3) is 6.29. The van der Waals surface area contributed by atoms with E-state index in [0.29, 0.717) is 12.5 Å². The highest BCUT2D eigenvalue weighted by atomic mass is 16.1. The summed E-state index contributed by atoms with van der Waals surface area (Å²) in [5, 5.41) is 10.7. The Morgan fingerprint density at radius 3 is 2.71 bits per heavy atom. The lowest BCUT2D eigenvalue weighted by Gasteiger charge is -2.16. The Bertz CT molecular complexity index is 422. The second-order valence-electron chi connectivity index (χ2n) is 6.01. The first-order valence-electron chi connectivity index (χ1n) is 8.21. The molecule has 1 aliphatic carbocycles. The average molecular weight is 292 g/mol. The fourth-order valence-corrected chi connectivity index (χ4v) is 2.91. The van der Waals surface area contributed by atoms with Gasteiger partial charge in [0.1, 0.15) is 0 Å². The number of nitrogens with zero attached hydrogens (tertiary/aromatic N) is 2. The Hall–Kier alpha value is -1.36. The van der Waals surface area contributed by atoms with Gasteiger partial charge in [-0.3, -0.25) is 9.48 Å². The van der Waals surface area contributed by atoms with Crippen molar-refractivity contribution >= 4 is 5.91 Å². The van der Waals surface area contributed by atoms with Crippen LogP contribution in [0, 0.1) is 0 Å². The van der Waals surface area contributed by atoms with Gasteiger partial charge in [-0.05, 0) is 24.8 Å². The minimum Gasteiger partial charge on any atom is -0.355 e. The van der Waals surface area contributed by atoms with Crippen LogP contribution < -0.4 is 10.6 Å². The van der Waals surface area contributed by atoms with Crippen molar-refractivity contribution in [1.82, 2.24) is 20.4 Å². The zero-order chi connectivity index (χ0) is 14.9. The van der Waals surface area contributed by atoms with Gasteiger partial charge in [0.15, 0.2) is 0 Å². The largest absolute Gasteiger partial charge is 0.355 e. The molecule has 1 aromatic rings. The number of rotatable bonds is 7. The lowest BCUT2D eigenvalue weighted by molar-refractivity contribution is -0.121. The van der Waals surface area contributed by atoms with E-state index in [0.717, 1.165) is 25.1 Å². The number of aromatic nitrogens is 2. The SMILES string of the molecule is Cn1cc(CCC(=O)NCCNC2CCCCCC2)cn1. The Labute approximate surface area is 127 Å². The van der Waals surface area contributed by atoms with E-state index in [2.05, 4.69) is 15.7 Å². The molecule has 1 amide bonds. The second-order valence-corrected chi connectivity index (χ2v) is 6.01. The third-order valence-corrected chi connectivity index (χ3v) is 4.13. The number of carbonyl (C=O) groups is 1. The van der Waals surface area contributed by atoms with Crippen LogP contribution in [-0.2, 0) is 18.3 Å². The molecule has 0 aliphatic heterocycles. The molecule has 0 aromatic carbocycles. The van der Waals surface area contributed by atoms with E-state index in [1.54, 1.807) is 4.68 Å². The molecule has 1 aromatic heterocycles. The van der Waals surface area contributed by atoms with Gasteiger partial charge in [0.25, 0.3) is 0 Å². The predicted octanol–water partition coefficient (Wildman–Crippen LogP) is 1.78. The van der Waals surface area contributed by atoms with Crippen LogP contribution in [0.25, 0.3) is 0 Å². The van der Waals surface area contributed by atoms with Crippen molar-refractivity contribution < 1.29 is 4.79 Å². The number of hydrogen-bond acceptors (Lipinski definition) is 3. The summed E-state index contributed by atoms with van der Waals surface area (Å²) in [6, 6.07) is 0.653. The van der Waals surface area contributed by atoms with E-state index in [-0.39, 0.29) is 5.91 Å². The van der Waals surface area contributed by atoms with Crippen LogP contribution in [0.2, 0.25) is 0 Å². The molecule has 5 nitrogen and oxygen atoms in total. The van der Waals surface area contributed by atoms with Crippen LogP contribution in [-0.4, -0.2) is 34.8 Å². The number of nitrogens with one attached hydrogen (secondary N) is 2. The van der Waals surface area contributed by atoms with Crippen LogP contribution in [0.15, 0.2) is 12.4 Å². The van der Waals surface area contributed by atoms with E-state index in [4.69, 9.17) is 0 Å². The lowest BCUT2D eigenvalue weighted by Crippen LogP contribution is -2.36. The highest BCUT2D eigenvalue weighted by Crippen LogP contribution is 2.16. The van der Waals surface area contributed by atoms with Crippen molar-refractivity contribution in [1.29, 1.82) is 0 Å². The topological polar surface area (TPSA) is 59.0 Å². The zero-order valence-corrected chi connectivity index (χ0v) is 13.1. The molecule has 118 valence electrons. The van der Waals surface area contributed by atoms with Gasteiger partial charge < -0.3 is 10.6 Å². The summed E-state index contributed by atoms with van der Waals surface area (Å²) in [5.41, 5.74) is 1.12. The number of amides is 1. The maximum absolute atomic E-state index is 11.8. The molecule has 1 fully saturated rings. The first kappa shape index (κ1) is 16.0. The minimum absolute atomic E-state index is 0.126. The van der Waals surface area contributed by atoms with E-state index in [1.165, 1.54) is 38.5 Å². The summed E-state index contributed by atoms with van der Waals surface area (Å²) < 4.78 is 1.77. The molecule has 2 N–H and O–H groups in total. The predicted molar refractivity (Wildman–Crippen MR) is 84.0 cm³/mol. The van der Waals surface area contributed by atoms with Gasteiger partial charge in [-0.15, -0.1) is 0 Å². The molecule has 1 saturated carbocycles. The third-order valence-electron chi connectivity index (χ3n) is 4.13. The smallest absolute Gasteiger partial charge is 0.220 e. The first-order chi connectivity index (χ1) is 10.2. The minimum atomic E-state index is 0.126. The highest BCUT2D eigenvalue weighted by Gasteiger charge is 2.11. The van der Waals surface area contributed by atoms with Gasteiger partial charge in [0.2, 0.25) is 5.91 Å². The highest BCUT2D eigenvalue weighted by molar-refractivity contribution is 5.76. The van der Waals surface area contributed by atoms with Crippen molar-refractivity contribution in [3.8, 4) is 0 Å². The first-order valence-corrected chi connectivity index (χ1v) is 8.21. The van der Waals surface area contributed by atoms with Crippen LogP contribution in [0.1, 0.15) is 50.5 Å². The monoisotopic (exact) mass is 292 g/mol. The van der Waals surface area contributed by atoms with Crippen LogP contribution >= 0.6 is 0 Å². The van der Waals surface area contributed by atoms with Crippen LogP contribution in [0.3, 0.4) is 0 Å². The summed E-state index contributed by atoms with van der Waals surface area (Å²) in [6.45, 7) is 1.60. The van der Waals surface area contributed by atoms with Gasteiger partial charge in [-0.2, -0.15) is 5.10 Å². The van der Waals surface area contributed by atoms with Gasteiger partial charge in [-0.25, -0.2) is 0 Å². The summed E-state index contributed by atoms with van der Waals surface area (Å²) in [4.78, 5) is 11.8.